The molecular formula is C14H23ClN2O. The van der Waals surface area contributed by atoms with E-state index in [2.05, 4.69) is 9.80 Å². The monoisotopic (exact) mass is 270 g/mol. The van der Waals surface area contributed by atoms with Crippen molar-refractivity contribution in [2.75, 3.05) is 38.6 Å². The molecule has 1 aliphatic heterocycles. The van der Waals surface area contributed by atoms with Crippen LogP contribution in [0.3, 0.4) is 0 Å². The van der Waals surface area contributed by atoms with E-state index >= 15 is 0 Å². The Bertz CT molecular complexity index is 313. The van der Waals surface area contributed by atoms with Gasteiger partial charge in [0.25, 0.3) is 0 Å². The molecule has 3 rings (SSSR count). The second-order valence-corrected chi connectivity index (χ2v) is 6.51. The predicted octanol–water partition coefficient (Wildman–Crippen LogP) is 1.81. The van der Waals surface area contributed by atoms with Gasteiger partial charge in [-0.3, -0.25) is 4.79 Å². The summed E-state index contributed by atoms with van der Waals surface area (Å²) in [4.78, 5) is 17.0. The number of fused-ring (bicyclic) bond motifs is 1. The molecule has 2 saturated carbocycles. The minimum absolute atomic E-state index is 0.355. The van der Waals surface area contributed by atoms with Gasteiger partial charge in [-0.15, -0.1) is 11.6 Å². The fourth-order valence-corrected chi connectivity index (χ4v) is 3.95. The minimum atomic E-state index is 0.355. The lowest BCUT2D eigenvalue weighted by atomic mass is 10.0. The summed E-state index contributed by atoms with van der Waals surface area (Å²) in [6, 6.07) is 0. The van der Waals surface area contributed by atoms with E-state index in [0.29, 0.717) is 17.7 Å². The Hall–Kier alpha value is -0.280. The average Bonchev–Trinajstić information content (AvgIpc) is 3.06. The van der Waals surface area contributed by atoms with Crippen LogP contribution in [0.5, 0.6) is 0 Å². The Morgan fingerprint density at radius 3 is 2.56 bits per heavy atom. The number of carbonyl (C=O) groups excluding carboxylic acids is 1. The molecule has 2 aliphatic carbocycles. The van der Waals surface area contributed by atoms with Crippen molar-refractivity contribution < 1.29 is 4.79 Å². The van der Waals surface area contributed by atoms with Crippen molar-refractivity contribution in [2.45, 2.75) is 25.7 Å². The van der Waals surface area contributed by atoms with E-state index in [4.69, 9.17) is 11.6 Å². The van der Waals surface area contributed by atoms with Crippen molar-refractivity contribution in [3.8, 4) is 0 Å². The van der Waals surface area contributed by atoms with Crippen LogP contribution in [0.4, 0.5) is 0 Å². The van der Waals surface area contributed by atoms with Crippen LogP contribution in [0.25, 0.3) is 0 Å². The summed E-state index contributed by atoms with van der Waals surface area (Å²) in [6.07, 6.45) is 4.84. The normalized spacial score (nSPS) is 36.3. The fourth-order valence-electron chi connectivity index (χ4n) is 3.71. The van der Waals surface area contributed by atoms with Crippen LogP contribution < -0.4 is 0 Å². The molecule has 0 bridgehead atoms. The summed E-state index contributed by atoms with van der Waals surface area (Å²) >= 11 is 5.79. The third-order valence-electron chi connectivity index (χ3n) is 4.89. The highest BCUT2D eigenvalue weighted by molar-refractivity contribution is 6.18. The second kappa shape index (κ2) is 5.38. The van der Waals surface area contributed by atoms with Gasteiger partial charge in [-0.2, -0.15) is 0 Å². The van der Waals surface area contributed by atoms with E-state index < -0.39 is 0 Å². The van der Waals surface area contributed by atoms with E-state index in [-0.39, 0.29) is 0 Å². The molecule has 0 N–H and O–H groups in total. The quantitative estimate of drug-likeness (QED) is 0.731. The summed E-state index contributed by atoms with van der Waals surface area (Å²) in [5.74, 6) is 3.29. The molecule has 0 radical (unpaired) electrons. The van der Waals surface area contributed by atoms with E-state index in [0.717, 1.165) is 51.0 Å². The van der Waals surface area contributed by atoms with Gasteiger partial charge in [-0.05, 0) is 44.1 Å². The van der Waals surface area contributed by atoms with Gasteiger partial charge in [0, 0.05) is 38.0 Å². The number of hydrogen-bond donors (Lipinski definition) is 0. The van der Waals surface area contributed by atoms with E-state index in [1.54, 1.807) is 0 Å². The molecule has 3 aliphatic rings. The molecule has 102 valence electrons. The van der Waals surface area contributed by atoms with Crippen LogP contribution in [-0.4, -0.2) is 54.3 Å². The molecule has 0 aromatic rings. The standard InChI is InChI=1S/C14H23ClN2O/c15-2-5-16-3-1-4-17(7-6-16)14(18)13-9-11-8-12(11)10-13/h11-13H,1-10H2. The molecule has 0 spiro atoms. The first kappa shape index (κ1) is 12.7. The zero-order valence-corrected chi connectivity index (χ0v) is 11.7. The maximum Gasteiger partial charge on any atom is 0.225 e. The molecule has 2 atom stereocenters. The van der Waals surface area contributed by atoms with E-state index in [1.807, 2.05) is 0 Å². The molecule has 1 amide bonds. The predicted molar refractivity (Wildman–Crippen MR) is 72.7 cm³/mol. The molecule has 0 aromatic heterocycles. The van der Waals surface area contributed by atoms with Crippen molar-refractivity contribution in [3.63, 3.8) is 0 Å². The van der Waals surface area contributed by atoms with Gasteiger partial charge in [-0.1, -0.05) is 0 Å². The molecule has 3 nitrogen and oxygen atoms in total. The van der Waals surface area contributed by atoms with E-state index in [9.17, 15) is 4.79 Å². The number of hydrogen-bond acceptors (Lipinski definition) is 2. The highest BCUT2D eigenvalue weighted by Gasteiger charge is 2.48. The molecule has 2 unspecified atom stereocenters. The Morgan fingerprint density at radius 1 is 1.06 bits per heavy atom. The Balaban J connectivity index is 1.51. The molecule has 1 saturated heterocycles. The van der Waals surface area contributed by atoms with Crippen molar-refractivity contribution in [1.29, 1.82) is 0 Å². The van der Waals surface area contributed by atoms with Gasteiger partial charge < -0.3 is 9.80 Å². The minimum Gasteiger partial charge on any atom is -0.341 e. The number of amides is 1. The van der Waals surface area contributed by atoms with Gasteiger partial charge in [0.05, 0.1) is 0 Å². The summed E-state index contributed by atoms with van der Waals surface area (Å²) in [5, 5.41) is 0. The highest BCUT2D eigenvalue weighted by Crippen LogP contribution is 2.54. The number of halogens is 1. The average molecular weight is 271 g/mol. The molecule has 18 heavy (non-hydrogen) atoms. The number of rotatable bonds is 3. The topological polar surface area (TPSA) is 23.6 Å². The summed E-state index contributed by atoms with van der Waals surface area (Å²) in [5.41, 5.74) is 0. The van der Waals surface area contributed by atoms with Crippen molar-refractivity contribution >= 4 is 17.5 Å². The van der Waals surface area contributed by atoms with Gasteiger partial charge in [0.15, 0.2) is 0 Å². The summed E-state index contributed by atoms with van der Waals surface area (Å²) in [6.45, 7) is 4.90. The molecule has 3 fully saturated rings. The molecule has 0 aromatic carbocycles. The van der Waals surface area contributed by atoms with Crippen LogP contribution in [0.15, 0.2) is 0 Å². The van der Waals surface area contributed by atoms with Crippen LogP contribution in [-0.2, 0) is 4.79 Å². The lowest BCUT2D eigenvalue weighted by molar-refractivity contribution is -0.135. The summed E-state index contributed by atoms with van der Waals surface area (Å²) < 4.78 is 0. The van der Waals surface area contributed by atoms with Crippen molar-refractivity contribution in [3.05, 3.63) is 0 Å². The fraction of sp³-hybridized carbons (Fsp3) is 0.929. The van der Waals surface area contributed by atoms with Crippen LogP contribution >= 0.6 is 11.6 Å². The zero-order valence-electron chi connectivity index (χ0n) is 11.0. The summed E-state index contributed by atoms with van der Waals surface area (Å²) in [7, 11) is 0. The third kappa shape index (κ3) is 2.67. The molecule has 4 heteroatoms. The van der Waals surface area contributed by atoms with E-state index in [1.165, 1.54) is 19.3 Å². The van der Waals surface area contributed by atoms with Gasteiger partial charge in [-0.25, -0.2) is 0 Å². The first-order chi connectivity index (χ1) is 8.78. The van der Waals surface area contributed by atoms with Gasteiger partial charge in [0.2, 0.25) is 5.91 Å². The SMILES string of the molecule is O=C(C1CC2CC2C1)N1CCCN(CCCl)CC1. The maximum atomic E-state index is 12.5. The van der Waals surface area contributed by atoms with Crippen LogP contribution in [0.1, 0.15) is 25.7 Å². The number of nitrogens with zero attached hydrogens (tertiary/aromatic N) is 2. The van der Waals surface area contributed by atoms with Crippen LogP contribution in [0, 0.1) is 17.8 Å². The van der Waals surface area contributed by atoms with Crippen molar-refractivity contribution in [1.82, 2.24) is 9.80 Å². The van der Waals surface area contributed by atoms with Crippen molar-refractivity contribution in [2.24, 2.45) is 17.8 Å². The first-order valence-corrected chi connectivity index (χ1v) is 7.88. The van der Waals surface area contributed by atoms with Crippen LogP contribution in [0.2, 0.25) is 0 Å². The molecular weight excluding hydrogens is 248 g/mol. The first-order valence-electron chi connectivity index (χ1n) is 7.35. The Labute approximate surface area is 114 Å². The zero-order chi connectivity index (χ0) is 12.5. The van der Waals surface area contributed by atoms with Gasteiger partial charge >= 0.3 is 0 Å². The lowest BCUT2D eigenvalue weighted by Crippen LogP contribution is -2.38. The smallest absolute Gasteiger partial charge is 0.225 e. The number of carbonyl (C=O) groups is 1. The highest BCUT2D eigenvalue weighted by atomic mass is 35.5. The van der Waals surface area contributed by atoms with Gasteiger partial charge in [0.1, 0.15) is 0 Å². The Kier molecular flexibility index (Phi) is 3.81. The second-order valence-electron chi connectivity index (χ2n) is 6.13. The molecule has 1 heterocycles. The number of alkyl halides is 1. The lowest BCUT2D eigenvalue weighted by Gasteiger charge is -2.25. The maximum absolute atomic E-state index is 12.5. The largest absolute Gasteiger partial charge is 0.341 e. The third-order valence-corrected chi connectivity index (χ3v) is 5.06. The Morgan fingerprint density at radius 2 is 1.83 bits per heavy atom.